The summed E-state index contributed by atoms with van der Waals surface area (Å²) < 4.78 is 11.1. The molecule has 0 radical (unpaired) electrons. The number of halogens is 1. The van der Waals surface area contributed by atoms with Gasteiger partial charge in [-0.3, -0.25) is 9.69 Å². The van der Waals surface area contributed by atoms with Gasteiger partial charge in [0, 0.05) is 12.1 Å². The minimum Gasteiger partial charge on any atom is -0.496 e. The Hall–Kier alpha value is -2.90. The van der Waals surface area contributed by atoms with Crippen molar-refractivity contribution in [3.63, 3.8) is 0 Å². The number of rotatable bonds is 10. The number of hydrogen-bond acceptors (Lipinski definition) is 6. The van der Waals surface area contributed by atoms with Crippen LogP contribution in [0.4, 0.5) is 0 Å². The Labute approximate surface area is 181 Å². The van der Waals surface area contributed by atoms with Crippen LogP contribution in [0.1, 0.15) is 24.8 Å². The van der Waals surface area contributed by atoms with Crippen LogP contribution in [-0.2, 0) is 17.9 Å². The predicted octanol–water partition coefficient (Wildman–Crippen LogP) is 3.93. The van der Waals surface area contributed by atoms with Crippen LogP contribution in [-0.4, -0.2) is 41.2 Å². The topological polar surface area (TPSA) is 80.5 Å². The molecule has 0 aliphatic heterocycles. The Morgan fingerprint density at radius 3 is 2.70 bits per heavy atom. The Kier molecular flexibility index (Phi) is 7.82. The van der Waals surface area contributed by atoms with Crippen molar-refractivity contribution in [3.8, 4) is 17.2 Å². The molecule has 8 heteroatoms. The largest absolute Gasteiger partial charge is 0.496 e. The number of benzene rings is 2. The van der Waals surface area contributed by atoms with Gasteiger partial charge in [0.2, 0.25) is 17.7 Å². The van der Waals surface area contributed by atoms with Crippen LogP contribution in [0.2, 0.25) is 5.02 Å². The molecule has 3 rings (SSSR count). The molecule has 0 unspecified atom stereocenters. The van der Waals surface area contributed by atoms with Crippen molar-refractivity contribution in [3.05, 3.63) is 65.0 Å². The zero-order chi connectivity index (χ0) is 21.3. The van der Waals surface area contributed by atoms with Gasteiger partial charge in [0.05, 0.1) is 30.8 Å². The van der Waals surface area contributed by atoms with Crippen molar-refractivity contribution in [2.24, 2.45) is 0 Å². The van der Waals surface area contributed by atoms with Crippen molar-refractivity contribution < 1.29 is 13.9 Å². The summed E-state index contributed by atoms with van der Waals surface area (Å²) in [5.74, 6) is 1.48. The molecule has 0 atom stereocenters. The summed E-state index contributed by atoms with van der Waals surface area (Å²) in [7, 11) is 1.62. The second-order valence-corrected chi connectivity index (χ2v) is 7.19. The van der Waals surface area contributed by atoms with Crippen LogP contribution in [0.3, 0.4) is 0 Å². The number of nitrogens with one attached hydrogen (secondary N) is 1. The SMILES string of the molecule is CCCN(CC(=O)NCc1ccccc1OC)Cc1nnc(-c2ccccc2Cl)o1. The van der Waals surface area contributed by atoms with Gasteiger partial charge in [0.15, 0.2) is 0 Å². The van der Waals surface area contributed by atoms with E-state index in [4.69, 9.17) is 20.8 Å². The maximum atomic E-state index is 12.5. The number of carbonyl (C=O) groups excluding carboxylic acids is 1. The fourth-order valence-electron chi connectivity index (χ4n) is 3.08. The first kappa shape index (κ1) is 21.8. The molecule has 3 aromatic rings. The Morgan fingerprint density at radius 2 is 1.93 bits per heavy atom. The lowest BCUT2D eigenvalue weighted by atomic mass is 10.2. The van der Waals surface area contributed by atoms with E-state index in [2.05, 4.69) is 22.4 Å². The van der Waals surface area contributed by atoms with Crippen molar-refractivity contribution in [2.45, 2.75) is 26.4 Å². The van der Waals surface area contributed by atoms with Crippen molar-refractivity contribution in [1.29, 1.82) is 0 Å². The highest BCUT2D eigenvalue weighted by atomic mass is 35.5. The monoisotopic (exact) mass is 428 g/mol. The Morgan fingerprint density at radius 1 is 1.17 bits per heavy atom. The molecule has 0 saturated heterocycles. The lowest BCUT2D eigenvalue weighted by molar-refractivity contribution is -0.122. The minimum absolute atomic E-state index is 0.0831. The molecular formula is C22H25ClN4O3. The molecule has 158 valence electrons. The second kappa shape index (κ2) is 10.8. The fraction of sp³-hybridized carbons (Fsp3) is 0.318. The molecule has 7 nitrogen and oxygen atoms in total. The average Bonchev–Trinajstić information content (AvgIpc) is 3.21. The predicted molar refractivity (Wildman–Crippen MR) is 115 cm³/mol. The van der Waals surface area contributed by atoms with Gasteiger partial charge in [-0.25, -0.2) is 0 Å². The standard InChI is InChI=1S/C22H25ClN4O3/c1-3-12-27(14-20(28)24-13-16-8-4-7-11-19(16)29-2)15-21-25-26-22(30-21)17-9-5-6-10-18(17)23/h4-11H,3,12-15H2,1-2H3,(H,24,28). The van der Waals surface area contributed by atoms with E-state index in [1.54, 1.807) is 13.2 Å². The van der Waals surface area contributed by atoms with Crippen molar-refractivity contribution in [1.82, 2.24) is 20.4 Å². The van der Waals surface area contributed by atoms with Gasteiger partial charge in [-0.05, 0) is 31.2 Å². The van der Waals surface area contributed by atoms with Crippen LogP contribution in [0.5, 0.6) is 5.75 Å². The number of methoxy groups -OCH3 is 1. The number of nitrogens with zero attached hydrogens (tertiary/aromatic N) is 3. The molecule has 0 aliphatic carbocycles. The molecule has 0 spiro atoms. The van der Waals surface area contributed by atoms with Crippen LogP contribution in [0.15, 0.2) is 52.9 Å². The van der Waals surface area contributed by atoms with Gasteiger partial charge in [0.1, 0.15) is 5.75 Å². The van der Waals surface area contributed by atoms with Gasteiger partial charge in [-0.1, -0.05) is 48.9 Å². The third kappa shape index (κ3) is 5.81. The van der Waals surface area contributed by atoms with Crippen LogP contribution < -0.4 is 10.1 Å². The van der Waals surface area contributed by atoms with E-state index in [1.165, 1.54) is 0 Å². The molecule has 2 aromatic carbocycles. The first-order chi connectivity index (χ1) is 14.6. The van der Waals surface area contributed by atoms with Crippen molar-refractivity contribution >= 4 is 17.5 Å². The molecule has 0 fully saturated rings. The number of carbonyl (C=O) groups is 1. The molecule has 30 heavy (non-hydrogen) atoms. The zero-order valence-corrected chi connectivity index (χ0v) is 17.9. The zero-order valence-electron chi connectivity index (χ0n) is 17.1. The number of ether oxygens (including phenoxy) is 1. The van der Waals surface area contributed by atoms with E-state index in [0.29, 0.717) is 35.5 Å². The molecular weight excluding hydrogens is 404 g/mol. The summed E-state index contributed by atoms with van der Waals surface area (Å²) in [4.78, 5) is 14.5. The molecule has 1 N–H and O–H groups in total. The number of aromatic nitrogens is 2. The third-order valence-electron chi connectivity index (χ3n) is 4.51. The third-order valence-corrected chi connectivity index (χ3v) is 4.84. The van der Waals surface area contributed by atoms with E-state index in [0.717, 1.165) is 24.3 Å². The van der Waals surface area contributed by atoms with Gasteiger partial charge < -0.3 is 14.5 Å². The lowest BCUT2D eigenvalue weighted by Crippen LogP contribution is -2.37. The van der Waals surface area contributed by atoms with Crippen LogP contribution in [0, 0.1) is 0 Å². The highest BCUT2D eigenvalue weighted by molar-refractivity contribution is 6.33. The molecule has 0 bridgehead atoms. The van der Waals surface area contributed by atoms with E-state index in [-0.39, 0.29) is 12.5 Å². The number of para-hydroxylation sites is 1. The molecule has 1 amide bonds. The van der Waals surface area contributed by atoms with E-state index >= 15 is 0 Å². The normalized spacial score (nSPS) is 10.9. The first-order valence-corrected chi connectivity index (χ1v) is 10.2. The fourth-order valence-corrected chi connectivity index (χ4v) is 3.30. The molecule has 0 aliphatic rings. The highest BCUT2D eigenvalue weighted by Crippen LogP contribution is 2.26. The van der Waals surface area contributed by atoms with Gasteiger partial charge >= 0.3 is 0 Å². The second-order valence-electron chi connectivity index (χ2n) is 6.78. The lowest BCUT2D eigenvalue weighted by Gasteiger charge is -2.19. The average molecular weight is 429 g/mol. The number of amides is 1. The number of hydrogen-bond donors (Lipinski definition) is 1. The highest BCUT2D eigenvalue weighted by Gasteiger charge is 2.16. The summed E-state index contributed by atoms with van der Waals surface area (Å²) >= 11 is 6.20. The smallest absolute Gasteiger partial charge is 0.249 e. The van der Waals surface area contributed by atoms with Gasteiger partial charge in [-0.2, -0.15) is 0 Å². The molecule has 1 aromatic heterocycles. The summed E-state index contributed by atoms with van der Waals surface area (Å²) in [6, 6.07) is 14.9. The van der Waals surface area contributed by atoms with Gasteiger partial charge in [0.25, 0.3) is 0 Å². The van der Waals surface area contributed by atoms with E-state index in [1.807, 2.05) is 47.4 Å². The maximum Gasteiger partial charge on any atom is 0.249 e. The molecule has 0 saturated carbocycles. The summed E-state index contributed by atoms with van der Waals surface area (Å²) in [5.41, 5.74) is 1.62. The minimum atomic E-state index is -0.0831. The van der Waals surface area contributed by atoms with E-state index in [9.17, 15) is 4.79 Å². The summed E-state index contributed by atoms with van der Waals surface area (Å²) in [6.07, 6.45) is 0.894. The van der Waals surface area contributed by atoms with E-state index < -0.39 is 0 Å². The summed E-state index contributed by atoms with van der Waals surface area (Å²) in [6.45, 7) is 3.80. The van der Waals surface area contributed by atoms with Crippen LogP contribution in [0.25, 0.3) is 11.5 Å². The maximum absolute atomic E-state index is 12.5. The van der Waals surface area contributed by atoms with Gasteiger partial charge in [-0.15, -0.1) is 10.2 Å². The summed E-state index contributed by atoms with van der Waals surface area (Å²) in [5, 5.41) is 11.7. The molecule has 1 heterocycles. The Bertz CT molecular complexity index is 976. The van der Waals surface area contributed by atoms with Crippen LogP contribution >= 0.6 is 11.6 Å². The quantitative estimate of drug-likeness (QED) is 0.527. The first-order valence-electron chi connectivity index (χ1n) is 9.79. The Balaban J connectivity index is 1.59. The van der Waals surface area contributed by atoms with Crippen molar-refractivity contribution in [2.75, 3.05) is 20.2 Å².